The lowest BCUT2D eigenvalue weighted by molar-refractivity contribution is -0.253. The summed E-state index contributed by atoms with van der Waals surface area (Å²) in [6.07, 6.45) is -7.10. The Morgan fingerprint density at radius 1 is 1.06 bits per heavy atom. The molecule has 0 bridgehead atoms. The molecule has 2 nitrogen and oxygen atoms in total. The van der Waals surface area contributed by atoms with E-state index in [0.29, 0.717) is 0 Å². The van der Waals surface area contributed by atoms with Crippen LogP contribution >= 0.6 is 0 Å². The van der Waals surface area contributed by atoms with Gasteiger partial charge >= 0.3 is 12.5 Å². The Morgan fingerprint density at radius 3 is 2.39 bits per heavy atom. The Kier molecular flexibility index (Phi) is 3.27. The number of alkyl halides is 4. The molecule has 1 aromatic carbocycles. The lowest BCUT2D eigenvalue weighted by Crippen LogP contribution is -2.33. The molecule has 0 aliphatic carbocycles. The number of furan rings is 1. The molecule has 2 rings (SSSR count). The maximum absolute atomic E-state index is 12.9. The minimum Gasteiger partial charge on any atom is -0.464 e. The van der Waals surface area contributed by atoms with E-state index < -0.39 is 12.5 Å². The summed E-state index contributed by atoms with van der Waals surface area (Å²) in [5, 5.41) is 0. The predicted octanol–water partition coefficient (Wildman–Crippen LogP) is 4.18. The van der Waals surface area contributed by atoms with Gasteiger partial charge in [-0.15, -0.1) is 0 Å². The normalized spacial score (nSPS) is 11.8. The average molecular weight is 260 g/mol. The first-order valence-corrected chi connectivity index (χ1v) is 4.98. The highest BCUT2D eigenvalue weighted by molar-refractivity contribution is 5.65. The summed E-state index contributed by atoms with van der Waals surface area (Å²) in [6.45, 7) is 0. The van der Waals surface area contributed by atoms with Crippen molar-refractivity contribution in [2.24, 2.45) is 0 Å². The fourth-order valence-electron chi connectivity index (χ4n) is 1.38. The summed E-state index contributed by atoms with van der Waals surface area (Å²) < 4.78 is 58.9. The molecule has 0 saturated heterocycles. The Balaban J connectivity index is 2.35. The summed E-state index contributed by atoms with van der Waals surface area (Å²) in [5.41, 5.74) is 0.183. The Bertz CT molecular complexity index is 509. The van der Waals surface area contributed by atoms with Crippen molar-refractivity contribution >= 4 is 0 Å². The molecule has 0 atom stereocenters. The summed E-state index contributed by atoms with van der Waals surface area (Å²) in [7, 11) is 0. The summed E-state index contributed by atoms with van der Waals surface area (Å²) in [5.74, 6) is -0.103. The van der Waals surface area contributed by atoms with Crippen molar-refractivity contribution in [1.82, 2.24) is 0 Å². The van der Waals surface area contributed by atoms with Crippen LogP contribution in [0.2, 0.25) is 0 Å². The van der Waals surface area contributed by atoms with Gasteiger partial charge in [0.15, 0.2) is 0 Å². The van der Waals surface area contributed by atoms with E-state index in [9.17, 15) is 17.6 Å². The van der Waals surface area contributed by atoms with Crippen molar-refractivity contribution in [2.75, 3.05) is 0 Å². The zero-order chi connectivity index (χ0) is 13.2. The number of hydrogen-bond acceptors (Lipinski definition) is 2. The number of para-hydroxylation sites is 1. The van der Waals surface area contributed by atoms with E-state index in [1.165, 1.54) is 30.5 Å². The van der Waals surface area contributed by atoms with Gasteiger partial charge in [-0.2, -0.15) is 17.6 Å². The maximum atomic E-state index is 12.9. The zero-order valence-electron chi connectivity index (χ0n) is 8.95. The highest BCUT2D eigenvalue weighted by Gasteiger charge is 2.44. The van der Waals surface area contributed by atoms with Crippen molar-refractivity contribution in [3.05, 3.63) is 42.7 Å². The van der Waals surface area contributed by atoms with Gasteiger partial charge in [-0.25, -0.2) is 0 Å². The van der Waals surface area contributed by atoms with Gasteiger partial charge in [0, 0.05) is 0 Å². The third-order valence-electron chi connectivity index (χ3n) is 2.17. The first kappa shape index (κ1) is 12.5. The largest absolute Gasteiger partial charge is 0.464 e. The fraction of sp³-hybridized carbons (Fsp3) is 0.167. The Labute approximate surface area is 99.8 Å². The van der Waals surface area contributed by atoms with Gasteiger partial charge in [-0.05, 0) is 24.3 Å². The van der Waals surface area contributed by atoms with E-state index in [1.54, 1.807) is 12.1 Å². The standard InChI is InChI=1S/C12H8F4O2/c13-11(14)12(15,16)18-10-5-2-1-4-8(10)9-6-3-7-17-9/h1-7,11H. The maximum Gasteiger partial charge on any atom is 0.461 e. The van der Waals surface area contributed by atoms with Gasteiger partial charge in [-0.1, -0.05) is 12.1 Å². The molecule has 1 aromatic heterocycles. The van der Waals surface area contributed by atoms with E-state index in [-0.39, 0.29) is 17.1 Å². The van der Waals surface area contributed by atoms with Crippen LogP contribution in [-0.2, 0) is 0 Å². The van der Waals surface area contributed by atoms with Crippen molar-refractivity contribution in [3.8, 4) is 17.1 Å². The van der Waals surface area contributed by atoms with Crippen LogP contribution in [0.3, 0.4) is 0 Å². The third kappa shape index (κ3) is 2.47. The summed E-state index contributed by atoms with van der Waals surface area (Å²) >= 11 is 0. The molecular weight excluding hydrogens is 252 g/mol. The number of rotatable bonds is 4. The van der Waals surface area contributed by atoms with Crippen LogP contribution in [0.1, 0.15) is 0 Å². The van der Waals surface area contributed by atoms with Gasteiger partial charge in [0.05, 0.1) is 11.8 Å². The van der Waals surface area contributed by atoms with Gasteiger partial charge in [0.1, 0.15) is 11.5 Å². The van der Waals surface area contributed by atoms with Crippen LogP contribution < -0.4 is 4.74 Å². The number of benzene rings is 1. The Morgan fingerprint density at radius 2 is 1.78 bits per heavy atom. The molecule has 0 fully saturated rings. The quantitative estimate of drug-likeness (QED) is 0.769. The van der Waals surface area contributed by atoms with Gasteiger partial charge in [0.2, 0.25) is 0 Å². The molecule has 2 aromatic rings. The minimum absolute atomic E-state index is 0.183. The Hall–Kier alpha value is -1.98. The molecule has 0 aliphatic rings. The van der Waals surface area contributed by atoms with E-state index in [4.69, 9.17) is 4.42 Å². The molecule has 0 spiro atoms. The van der Waals surface area contributed by atoms with E-state index in [0.717, 1.165) is 0 Å². The van der Waals surface area contributed by atoms with Crippen LogP contribution in [0.5, 0.6) is 5.75 Å². The van der Waals surface area contributed by atoms with Crippen LogP contribution in [0.15, 0.2) is 47.1 Å². The van der Waals surface area contributed by atoms with E-state index in [1.807, 2.05) is 0 Å². The van der Waals surface area contributed by atoms with Crippen molar-refractivity contribution in [3.63, 3.8) is 0 Å². The topological polar surface area (TPSA) is 22.4 Å². The fourth-order valence-corrected chi connectivity index (χ4v) is 1.38. The summed E-state index contributed by atoms with van der Waals surface area (Å²) in [6, 6.07) is 8.65. The van der Waals surface area contributed by atoms with Gasteiger partial charge in [0.25, 0.3) is 0 Å². The number of hydrogen-bond donors (Lipinski definition) is 0. The van der Waals surface area contributed by atoms with Crippen molar-refractivity contribution in [1.29, 1.82) is 0 Å². The molecule has 0 saturated carbocycles. The van der Waals surface area contributed by atoms with Crippen LogP contribution in [0.4, 0.5) is 17.6 Å². The second kappa shape index (κ2) is 4.72. The number of ether oxygens (including phenoxy) is 1. The number of halogens is 4. The smallest absolute Gasteiger partial charge is 0.461 e. The molecule has 1 heterocycles. The minimum atomic E-state index is -4.54. The van der Waals surface area contributed by atoms with Crippen molar-refractivity contribution < 1.29 is 26.7 Å². The molecule has 0 radical (unpaired) electrons. The zero-order valence-corrected chi connectivity index (χ0v) is 8.95. The highest BCUT2D eigenvalue weighted by Crippen LogP contribution is 2.35. The van der Waals surface area contributed by atoms with E-state index >= 15 is 0 Å². The van der Waals surface area contributed by atoms with Gasteiger partial charge < -0.3 is 9.15 Å². The molecule has 6 heteroatoms. The monoisotopic (exact) mass is 260 g/mol. The highest BCUT2D eigenvalue weighted by atomic mass is 19.3. The lowest BCUT2D eigenvalue weighted by atomic mass is 10.1. The molecular formula is C12H8F4O2. The molecule has 96 valence electrons. The molecule has 18 heavy (non-hydrogen) atoms. The molecule has 0 unspecified atom stereocenters. The molecule has 0 aliphatic heterocycles. The van der Waals surface area contributed by atoms with Gasteiger partial charge in [-0.3, -0.25) is 0 Å². The van der Waals surface area contributed by atoms with E-state index in [2.05, 4.69) is 4.74 Å². The van der Waals surface area contributed by atoms with Crippen LogP contribution in [0, 0.1) is 0 Å². The lowest BCUT2D eigenvalue weighted by Gasteiger charge is -2.18. The SMILES string of the molecule is FC(F)C(F)(F)Oc1ccccc1-c1ccco1. The molecule has 0 N–H and O–H groups in total. The summed E-state index contributed by atoms with van der Waals surface area (Å²) in [4.78, 5) is 0. The first-order valence-electron chi connectivity index (χ1n) is 4.98. The predicted molar refractivity (Wildman–Crippen MR) is 55.7 cm³/mol. The third-order valence-corrected chi connectivity index (χ3v) is 2.17. The molecule has 0 amide bonds. The van der Waals surface area contributed by atoms with Crippen molar-refractivity contribution in [2.45, 2.75) is 12.5 Å². The average Bonchev–Trinajstić information content (AvgIpc) is 2.82. The van der Waals surface area contributed by atoms with Crippen LogP contribution in [0.25, 0.3) is 11.3 Å². The first-order chi connectivity index (χ1) is 8.50. The second-order valence-corrected chi connectivity index (χ2v) is 3.44. The van der Waals surface area contributed by atoms with Crippen LogP contribution in [-0.4, -0.2) is 12.5 Å². The second-order valence-electron chi connectivity index (χ2n) is 3.44.